The maximum atomic E-state index is 12.0. The predicted molar refractivity (Wildman–Crippen MR) is 93.1 cm³/mol. The third-order valence-corrected chi connectivity index (χ3v) is 5.73. The highest BCUT2D eigenvalue weighted by molar-refractivity contribution is 7.89. The van der Waals surface area contributed by atoms with Crippen molar-refractivity contribution < 1.29 is 13.2 Å². The number of benzene rings is 1. The van der Waals surface area contributed by atoms with Crippen LogP contribution in [0, 0.1) is 6.92 Å². The van der Waals surface area contributed by atoms with Gasteiger partial charge in [0, 0.05) is 36.5 Å². The summed E-state index contributed by atoms with van der Waals surface area (Å²) in [6.45, 7) is 4.23. The molecule has 2 N–H and O–H groups in total. The van der Waals surface area contributed by atoms with E-state index in [4.69, 9.17) is 4.74 Å². The Morgan fingerprint density at radius 3 is 2.43 bits per heavy atom. The lowest BCUT2D eigenvalue weighted by Crippen LogP contribution is -2.27. The first kappa shape index (κ1) is 18.1. The lowest BCUT2D eigenvalue weighted by Gasteiger charge is -2.08. The molecule has 0 saturated heterocycles. The second-order valence-electron chi connectivity index (χ2n) is 5.15. The Balaban J connectivity index is 1.86. The molecule has 7 heteroatoms. The molecule has 5 nitrogen and oxygen atoms in total. The number of methoxy groups -OCH3 is 1. The third-order valence-electron chi connectivity index (χ3n) is 3.26. The number of thiophene rings is 1. The Morgan fingerprint density at radius 1 is 1.09 bits per heavy atom. The quantitative estimate of drug-likeness (QED) is 0.678. The first-order valence-electron chi connectivity index (χ1n) is 7.35. The molecule has 0 amide bonds. The molecule has 0 bridgehead atoms. The van der Waals surface area contributed by atoms with Crippen molar-refractivity contribution in [1.82, 2.24) is 10.0 Å². The minimum atomic E-state index is -3.46. The van der Waals surface area contributed by atoms with Crippen LogP contribution in [-0.4, -0.2) is 28.7 Å². The van der Waals surface area contributed by atoms with E-state index in [0.29, 0.717) is 13.2 Å². The van der Waals surface area contributed by atoms with Gasteiger partial charge in [-0.2, -0.15) is 0 Å². The molecule has 0 aliphatic carbocycles. The Hall–Kier alpha value is -1.25. The molecule has 2 aromatic rings. The van der Waals surface area contributed by atoms with Gasteiger partial charge in [0.05, 0.1) is 11.5 Å². The number of aryl methyl sites for hydroxylation is 1. The number of rotatable bonds is 9. The van der Waals surface area contributed by atoms with E-state index in [2.05, 4.69) is 29.1 Å². The molecule has 0 unspecified atom stereocenters. The van der Waals surface area contributed by atoms with E-state index in [1.54, 1.807) is 23.5 Å². The summed E-state index contributed by atoms with van der Waals surface area (Å²) < 4.78 is 31.4. The second kappa shape index (κ2) is 8.56. The summed E-state index contributed by atoms with van der Waals surface area (Å²) in [4.78, 5) is 2.87. The summed E-state index contributed by atoms with van der Waals surface area (Å²) in [7, 11) is -1.92. The lowest BCUT2D eigenvalue weighted by molar-refractivity contribution is 0.204. The summed E-state index contributed by atoms with van der Waals surface area (Å²) in [5, 5.41) is 3.36. The number of sulfonamides is 1. The molecule has 0 aliphatic rings. The van der Waals surface area contributed by atoms with Crippen molar-refractivity contribution in [2.24, 2.45) is 0 Å². The van der Waals surface area contributed by atoms with Crippen LogP contribution in [0.2, 0.25) is 0 Å². The summed E-state index contributed by atoms with van der Waals surface area (Å²) in [6, 6.07) is 11.1. The van der Waals surface area contributed by atoms with E-state index < -0.39 is 10.0 Å². The average Bonchev–Trinajstić information content (AvgIpc) is 2.93. The van der Waals surface area contributed by atoms with E-state index in [1.165, 1.54) is 16.9 Å². The number of hydrogen-bond acceptors (Lipinski definition) is 5. The van der Waals surface area contributed by atoms with Gasteiger partial charge in [0.1, 0.15) is 0 Å². The first-order valence-corrected chi connectivity index (χ1v) is 9.65. The van der Waals surface area contributed by atoms with Crippen LogP contribution >= 0.6 is 11.3 Å². The van der Waals surface area contributed by atoms with Crippen molar-refractivity contribution >= 4 is 21.4 Å². The van der Waals surface area contributed by atoms with Crippen molar-refractivity contribution in [3.05, 3.63) is 51.7 Å². The monoisotopic (exact) mass is 354 g/mol. The standard InChI is InChI=1S/C16H22N2O3S2/c1-13-3-6-15(22-13)12-17-11-14-4-7-16(8-5-14)23(19,20)18-9-10-21-2/h3-8,17-18H,9-12H2,1-2H3. The molecular formula is C16H22N2O3S2. The number of hydrogen-bond donors (Lipinski definition) is 2. The van der Waals surface area contributed by atoms with E-state index in [1.807, 2.05) is 12.1 Å². The van der Waals surface area contributed by atoms with E-state index in [-0.39, 0.29) is 11.4 Å². The van der Waals surface area contributed by atoms with Crippen molar-refractivity contribution in [2.45, 2.75) is 24.9 Å². The van der Waals surface area contributed by atoms with Crippen LogP contribution in [0.15, 0.2) is 41.3 Å². The van der Waals surface area contributed by atoms with Gasteiger partial charge in [0.25, 0.3) is 0 Å². The van der Waals surface area contributed by atoms with E-state index >= 15 is 0 Å². The number of ether oxygens (including phenoxy) is 1. The molecule has 2 rings (SSSR count). The third kappa shape index (κ3) is 5.71. The molecule has 1 heterocycles. The predicted octanol–water partition coefficient (Wildman–Crippen LogP) is 2.27. The van der Waals surface area contributed by atoms with Crippen LogP contribution in [-0.2, 0) is 27.8 Å². The van der Waals surface area contributed by atoms with E-state index in [0.717, 1.165) is 12.1 Å². The van der Waals surface area contributed by atoms with Crippen LogP contribution in [0.4, 0.5) is 0 Å². The van der Waals surface area contributed by atoms with Crippen LogP contribution in [0.3, 0.4) is 0 Å². The van der Waals surface area contributed by atoms with Gasteiger partial charge < -0.3 is 10.1 Å². The topological polar surface area (TPSA) is 67.4 Å². The van der Waals surface area contributed by atoms with Gasteiger partial charge in [-0.05, 0) is 36.8 Å². The molecule has 0 fully saturated rings. The molecule has 0 spiro atoms. The summed E-state index contributed by atoms with van der Waals surface area (Å²) in [5.74, 6) is 0. The van der Waals surface area contributed by atoms with Crippen molar-refractivity contribution in [3.63, 3.8) is 0 Å². The fraction of sp³-hybridized carbons (Fsp3) is 0.375. The van der Waals surface area contributed by atoms with Gasteiger partial charge in [-0.25, -0.2) is 13.1 Å². The highest BCUT2D eigenvalue weighted by atomic mass is 32.2. The number of nitrogens with one attached hydrogen (secondary N) is 2. The molecule has 0 radical (unpaired) electrons. The van der Waals surface area contributed by atoms with Gasteiger partial charge >= 0.3 is 0 Å². The van der Waals surface area contributed by atoms with Crippen molar-refractivity contribution in [1.29, 1.82) is 0 Å². The van der Waals surface area contributed by atoms with Crippen LogP contribution in [0.1, 0.15) is 15.3 Å². The molecule has 0 saturated carbocycles. The van der Waals surface area contributed by atoms with E-state index in [9.17, 15) is 8.42 Å². The molecular weight excluding hydrogens is 332 g/mol. The van der Waals surface area contributed by atoms with Gasteiger partial charge in [0.15, 0.2) is 0 Å². The summed E-state index contributed by atoms with van der Waals surface area (Å²) in [6.07, 6.45) is 0. The minimum Gasteiger partial charge on any atom is -0.383 e. The minimum absolute atomic E-state index is 0.266. The van der Waals surface area contributed by atoms with Crippen LogP contribution in [0.5, 0.6) is 0 Å². The Labute approximate surface area is 141 Å². The summed E-state index contributed by atoms with van der Waals surface area (Å²) in [5.41, 5.74) is 1.05. The van der Waals surface area contributed by atoms with Gasteiger partial charge in [-0.15, -0.1) is 11.3 Å². The Kier molecular flexibility index (Phi) is 6.73. The molecule has 0 aliphatic heterocycles. The molecule has 23 heavy (non-hydrogen) atoms. The molecule has 1 aromatic heterocycles. The van der Waals surface area contributed by atoms with Crippen molar-refractivity contribution in [3.8, 4) is 0 Å². The van der Waals surface area contributed by atoms with Gasteiger partial charge in [-0.3, -0.25) is 0 Å². The fourth-order valence-corrected chi connectivity index (χ4v) is 3.93. The highest BCUT2D eigenvalue weighted by Crippen LogP contribution is 2.15. The zero-order valence-electron chi connectivity index (χ0n) is 13.3. The zero-order valence-corrected chi connectivity index (χ0v) is 15.0. The molecule has 1 aromatic carbocycles. The highest BCUT2D eigenvalue weighted by Gasteiger charge is 2.12. The van der Waals surface area contributed by atoms with Gasteiger partial charge in [0.2, 0.25) is 10.0 Å². The Morgan fingerprint density at radius 2 is 1.83 bits per heavy atom. The van der Waals surface area contributed by atoms with Gasteiger partial charge in [-0.1, -0.05) is 12.1 Å². The van der Waals surface area contributed by atoms with Crippen LogP contribution < -0.4 is 10.0 Å². The molecule has 126 valence electrons. The van der Waals surface area contributed by atoms with Crippen molar-refractivity contribution in [2.75, 3.05) is 20.3 Å². The lowest BCUT2D eigenvalue weighted by atomic mass is 10.2. The maximum absolute atomic E-state index is 12.0. The maximum Gasteiger partial charge on any atom is 0.240 e. The van der Waals surface area contributed by atoms with Crippen LogP contribution in [0.25, 0.3) is 0 Å². The smallest absolute Gasteiger partial charge is 0.240 e. The average molecular weight is 354 g/mol. The largest absolute Gasteiger partial charge is 0.383 e. The molecule has 0 atom stereocenters. The summed E-state index contributed by atoms with van der Waals surface area (Å²) >= 11 is 1.78. The second-order valence-corrected chi connectivity index (χ2v) is 8.29. The SMILES string of the molecule is COCCNS(=O)(=O)c1ccc(CNCc2ccc(C)s2)cc1. The fourth-order valence-electron chi connectivity index (χ4n) is 2.06. The first-order chi connectivity index (χ1) is 11.0. The Bertz CT molecular complexity index is 709. The zero-order chi connectivity index (χ0) is 16.7. The normalized spacial score (nSPS) is 11.7.